The lowest BCUT2D eigenvalue weighted by molar-refractivity contribution is 0.276. The Hall–Kier alpha value is -1.42. The summed E-state index contributed by atoms with van der Waals surface area (Å²) in [4.78, 5) is 0. The van der Waals surface area contributed by atoms with Crippen molar-refractivity contribution in [2.45, 2.75) is 33.6 Å². The number of benzene rings is 1. The van der Waals surface area contributed by atoms with Crippen molar-refractivity contribution in [3.63, 3.8) is 0 Å². The summed E-state index contributed by atoms with van der Waals surface area (Å²) in [7, 11) is 0. The summed E-state index contributed by atoms with van der Waals surface area (Å²) in [5.41, 5.74) is 6.32. The fourth-order valence-electron chi connectivity index (χ4n) is 1.73. The molecule has 0 unspecified atom stereocenters. The Bertz CT molecular complexity index is 459. The van der Waals surface area contributed by atoms with Crippen LogP contribution in [0.4, 0.5) is 0 Å². The molecule has 0 saturated carbocycles. The molecule has 4 nitrogen and oxygen atoms in total. The molecule has 1 aromatic rings. The number of oxime groups is 1. The molecule has 0 aromatic heterocycles. The highest BCUT2D eigenvalue weighted by molar-refractivity contribution is 6.30. The lowest BCUT2D eigenvalue weighted by atomic mass is 9.87. The van der Waals surface area contributed by atoms with Crippen LogP contribution in [0.5, 0.6) is 5.75 Å². The van der Waals surface area contributed by atoms with Gasteiger partial charge < -0.3 is 15.7 Å². The number of nitrogens with two attached hydrogens (primary N) is 1. The monoisotopic (exact) mass is 284 g/mol. The van der Waals surface area contributed by atoms with E-state index in [1.807, 2.05) is 39.0 Å². The summed E-state index contributed by atoms with van der Waals surface area (Å²) in [6.07, 6.45) is 1.61. The Morgan fingerprint density at radius 1 is 1.47 bits per heavy atom. The van der Waals surface area contributed by atoms with Crippen LogP contribution in [0, 0.1) is 12.3 Å². The Morgan fingerprint density at radius 3 is 2.74 bits per heavy atom. The van der Waals surface area contributed by atoms with Gasteiger partial charge >= 0.3 is 0 Å². The minimum absolute atomic E-state index is 0.246. The van der Waals surface area contributed by atoms with E-state index in [9.17, 15) is 0 Å². The number of nitrogens with zero attached hydrogens (tertiary/aromatic N) is 1. The number of aryl methyl sites for hydroxylation is 1. The van der Waals surface area contributed by atoms with Crippen molar-refractivity contribution in [3.8, 4) is 5.75 Å². The van der Waals surface area contributed by atoms with Crippen LogP contribution >= 0.6 is 11.6 Å². The molecule has 1 aromatic carbocycles. The van der Waals surface area contributed by atoms with E-state index in [0.717, 1.165) is 24.2 Å². The predicted octanol–water partition coefficient (Wildman–Crippen LogP) is 3.58. The molecule has 5 heteroatoms. The highest BCUT2D eigenvalue weighted by Crippen LogP contribution is 2.24. The van der Waals surface area contributed by atoms with Crippen LogP contribution in [-0.4, -0.2) is 17.6 Å². The van der Waals surface area contributed by atoms with Crippen LogP contribution in [0.2, 0.25) is 5.02 Å². The lowest BCUT2D eigenvalue weighted by Crippen LogP contribution is -2.32. The molecule has 0 aliphatic heterocycles. The largest absolute Gasteiger partial charge is 0.493 e. The number of hydrogen-bond acceptors (Lipinski definition) is 3. The topological polar surface area (TPSA) is 67.8 Å². The first kappa shape index (κ1) is 15.6. The van der Waals surface area contributed by atoms with Crippen molar-refractivity contribution >= 4 is 17.4 Å². The van der Waals surface area contributed by atoms with Crippen molar-refractivity contribution in [3.05, 3.63) is 28.8 Å². The predicted molar refractivity (Wildman–Crippen MR) is 78.1 cm³/mol. The van der Waals surface area contributed by atoms with Crippen molar-refractivity contribution in [1.82, 2.24) is 0 Å². The van der Waals surface area contributed by atoms with Gasteiger partial charge in [-0.3, -0.25) is 0 Å². The zero-order valence-corrected chi connectivity index (χ0v) is 12.4. The maximum Gasteiger partial charge on any atom is 0.144 e. The first-order valence-corrected chi connectivity index (χ1v) is 6.61. The van der Waals surface area contributed by atoms with E-state index in [1.165, 1.54) is 0 Å². The molecule has 0 amide bonds. The number of ether oxygens (including phenoxy) is 1. The van der Waals surface area contributed by atoms with Crippen LogP contribution in [0.3, 0.4) is 0 Å². The average Bonchev–Trinajstić information content (AvgIpc) is 2.35. The van der Waals surface area contributed by atoms with Gasteiger partial charge in [-0.25, -0.2) is 0 Å². The fraction of sp³-hybridized carbons (Fsp3) is 0.500. The van der Waals surface area contributed by atoms with Crippen molar-refractivity contribution < 1.29 is 9.94 Å². The van der Waals surface area contributed by atoms with Gasteiger partial charge in [-0.2, -0.15) is 0 Å². The third kappa shape index (κ3) is 4.63. The van der Waals surface area contributed by atoms with E-state index >= 15 is 0 Å². The van der Waals surface area contributed by atoms with E-state index in [-0.39, 0.29) is 11.3 Å². The molecular formula is C14H21ClN2O2. The van der Waals surface area contributed by atoms with Crippen LogP contribution < -0.4 is 10.5 Å². The fourth-order valence-corrected chi connectivity index (χ4v) is 1.96. The normalized spacial score (nSPS) is 12.5. The number of amidine groups is 1. The van der Waals surface area contributed by atoms with Gasteiger partial charge in [-0.1, -0.05) is 30.6 Å². The summed E-state index contributed by atoms with van der Waals surface area (Å²) >= 11 is 5.88. The summed E-state index contributed by atoms with van der Waals surface area (Å²) in [6, 6.07) is 5.55. The standard InChI is InChI=1S/C14H21ClN2O2/c1-10-9-11(15)5-6-12(10)19-8-4-7-14(2,3)13(16)17-18/h5-6,9,18H,4,7-8H2,1-3H3,(H2,16,17). The van der Waals surface area contributed by atoms with E-state index in [1.54, 1.807) is 0 Å². The highest BCUT2D eigenvalue weighted by atomic mass is 35.5. The first-order valence-electron chi connectivity index (χ1n) is 6.24. The van der Waals surface area contributed by atoms with Gasteiger partial charge in [-0.15, -0.1) is 0 Å². The molecule has 19 heavy (non-hydrogen) atoms. The Kier molecular flexibility index (Phi) is 5.48. The maximum absolute atomic E-state index is 8.69. The molecule has 0 aliphatic carbocycles. The molecule has 0 spiro atoms. The molecule has 0 heterocycles. The van der Waals surface area contributed by atoms with Gasteiger partial charge in [0.25, 0.3) is 0 Å². The Morgan fingerprint density at radius 2 is 2.16 bits per heavy atom. The van der Waals surface area contributed by atoms with Gasteiger partial charge in [0.2, 0.25) is 0 Å². The molecule has 0 fully saturated rings. The second kappa shape index (κ2) is 6.66. The van der Waals surface area contributed by atoms with Gasteiger partial charge in [0.15, 0.2) is 0 Å². The summed E-state index contributed by atoms with van der Waals surface area (Å²) < 4.78 is 5.70. The Labute approximate surface area is 119 Å². The third-order valence-corrected chi connectivity index (χ3v) is 3.38. The third-order valence-electron chi connectivity index (χ3n) is 3.14. The Balaban J connectivity index is 2.43. The van der Waals surface area contributed by atoms with Crippen molar-refractivity contribution in [2.75, 3.05) is 6.61 Å². The second-order valence-electron chi connectivity index (χ2n) is 5.23. The van der Waals surface area contributed by atoms with Gasteiger partial charge in [0, 0.05) is 10.4 Å². The SMILES string of the molecule is Cc1cc(Cl)ccc1OCCCC(C)(C)C(N)=NO. The van der Waals surface area contributed by atoms with Crippen molar-refractivity contribution in [1.29, 1.82) is 0 Å². The van der Waals surface area contributed by atoms with Crippen LogP contribution in [0.25, 0.3) is 0 Å². The first-order chi connectivity index (χ1) is 8.86. The molecule has 3 N–H and O–H groups in total. The smallest absolute Gasteiger partial charge is 0.144 e. The van der Waals surface area contributed by atoms with E-state index < -0.39 is 0 Å². The van der Waals surface area contributed by atoms with Gasteiger partial charge in [0.05, 0.1) is 6.61 Å². The van der Waals surface area contributed by atoms with E-state index in [0.29, 0.717) is 11.6 Å². The van der Waals surface area contributed by atoms with Gasteiger partial charge in [0.1, 0.15) is 11.6 Å². The van der Waals surface area contributed by atoms with Crippen LogP contribution in [0.1, 0.15) is 32.3 Å². The second-order valence-corrected chi connectivity index (χ2v) is 5.67. The highest BCUT2D eigenvalue weighted by Gasteiger charge is 2.22. The zero-order chi connectivity index (χ0) is 14.5. The van der Waals surface area contributed by atoms with Crippen LogP contribution in [-0.2, 0) is 0 Å². The van der Waals surface area contributed by atoms with Crippen LogP contribution in [0.15, 0.2) is 23.4 Å². The summed E-state index contributed by atoms with van der Waals surface area (Å²) in [5, 5.41) is 12.5. The maximum atomic E-state index is 8.69. The summed E-state index contributed by atoms with van der Waals surface area (Å²) in [6.45, 7) is 6.43. The van der Waals surface area contributed by atoms with E-state index in [2.05, 4.69) is 5.16 Å². The molecule has 0 atom stereocenters. The summed E-state index contributed by atoms with van der Waals surface area (Å²) in [5.74, 6) is 1.08. The number of rotatable bonds is 6. The minimum Gasteiger partial charge on any atom is -0.493 e. The quantitative estimate of drug-likeness (QED) is 0.276. The molecular weight excluding hydrogens is 264 g/mol. The molecule has 1 rings (SSSR count). The molecule has 0 bridgehead atoms. The van der Waals surface area contributed by atoms with E-state index in [4.69, 9.17) is 27.3 Å². The number of halogens is 1. The zero-order valence-electron chi connectivity index (χ0n) is 11.6. The molecule has 0 saturated heterocycles. The average molecular weight is 285 g/mol. The lowest BCUT2D eigenvalue weighted by Gasteiger charge is -2.22. The number of hydrogen-bond donors (Lipinski definition) is 2. The molecule has 0 aliphatic rings. The van der Waals surface area contributed by atoms with Gasteiger partial charge in [-0.05, 0) is 43.5 Å². The minimum atomic E-state index is -0.326. The molecule has 0 radical (unpaired) electrons. The van der Waals surface area contributed by atoms with Crippen molar-refractivity contribution in [2.24, 2.45) is 16.3 Å². The molecule has 106 valence electrons.